The molecule has 0 saturated carbocycles. The number of hydrogen-bond acceptors (Lipinski definition) is 2. The van der Waals surface area contributed by atoms with Crippen LogP contribution in [0.2, 0.25) is 5.02 Å². The second kappa shape index (κ2) is 4.68. The summed E-state index contributed by atoms with van der Waals surface area (Å²) < 4.78 is 0. The summed E-state index contributed by atoms with van der Waals surface area (Å²) in [7, 11) is 0. The van der Waals surface area contributed by atoms with E-state index in [2.05, 4.69) is 0 Å². The number of halogens is 1. The molecule has 1 aromatic carbocycles. The quantitative estimate of drug-likeness (QED) is 0.793. The van der Waals surface area contributed by atoms with Crippen LogP contribution in [0, 0.1) is 0 Å². The first-order chi connectivity index (χ1) is 7.66. The predicted octanol–water partition coefficient (Wildman–Crippen LogP) is 1.56. The Hall–Kier alpha value is -1.32. The van der Waals surface area contributed by atoms with Crippen molar-refractivity contribution in [2.45, 2.75) is 6.10 Å². The maximum atomic E-state index is 11.5. The summed E-state index contributed by atoms with van der Waals surface area (Å²) >= 11 is 5.94. The van der Waals surface area contributed by atoms with Gasteiger partial charge in [-0.05, 0) is 17.7 Å². The Labute approximate surface area is 98.9 Å². The molecule has 1 saturated heterocycles. The van der Waals surface area contributed by atoms with Crippen LogP contribution in [-0.4, -0.2) is 35.1 Å². The van der Waals surface area contributed by atoms with Crippen LogP contribution in [0.5, 0.6) is 0 Å². The van der Waals surface area contributed by atoms with E-state index < -0.39 is 0 Å². The lowest BCUT2D eigenvalue weighted by Gasteiger charge is -2.34. The van der Waals surface area contributed by atoms with E-state index in [-0.39, 0.29) is 12.0 Å². The lowest BCUT2D eigenvalue weighted by atomic mass is 10.1. The number of aliphatic hydroxyl groups excluding tert-OH is 1. The van der Waals surface area contributed by atoms with E-state index in [9.17, 15) is 4.79 Å². The summed E-state index contributed by atoms with van der Waals surface area (Å²) in [6, 6.07) is 7.33. The summed E-state index contributed by atoms with van der Waals surface area (Å²) in [4.78, 5) is 13.1. The van der Waals surface area contributed by atoms with Crippen LogP contribution in [0.1, 0.15) is 5.56 Å². The van der Waals surface area contributed by atoms with Crippen molar-refractivity contribution in [3.05, 3.63) is 40.9 Å². The molecule has 3 nitrogen and oxygen atoms in total. The van der Waals surface area contributed by atoms with Crippen molar-refractivity contribution < 1.29 is 9.90 Å². The molecule has 1 N–H and O–H groups in total. The highest BCUT2D eigenvalue weighted by molar-refractivity contribution is 6.32. The highest BCUT2D eigenvalue weighted by Crippen LogP contribution is 2.17. The first-order valence-corrected chi connectivity index (χ1v) is 5.44. The Morgan fingerprint density at radius 1 is 1.44 bits per heavy atom. The van der Waals surface area contributed by atoms with Gasteiger partial charge >= 0.3 is 0 Å². The standard InChI is InChI=1S/C12H12ClNO2/c13-11-4-2-1-3-9(11)5-6-12(16)14-7-10(15)8-14/h1-6,10,15H,7-8H2. The molecular weight excluding hydrogens is 226 g/mol. The normalized spacial score (nSPS) is 16.5. The second-order valence-electron chi connectivity index (χ2n) is 3.75. The van der Waals surface area contributed by atoms with Crippen LogP contribution in [0.3, 0.4) is 0 Å². The van der Waals surface area contributed by atoms with E-state index in [0.717, 1.165) is 5.56 Å². The largest absolute Gasteiger partial charge is 0.389 e. The number of likely N-dealkylation sites (tertiary alicyclic amines) is 1. The molecule has 1 aliphatic heterocycles. The van der Waals surface area contributed by atoms with Crippen molar-refractivity contribution in [1.29, 1.82) is 0 Å². The van der Waals surface area contributed by atoms with Gasteiger partial charge in [0, 0.05) is 24.2 Å². The van der Waals surface area contributed by atoms with Crippen LogP contribution in [-0.2, 0) is 4.79 Å². The Morgan fingerprint density at radius 3 is 2.75 bits per heavy atom. The highest BCUT2D eigenvalue weighted by atomic mass is 35.5. The van der Waals surface area contributed by atoms with E-state index in [1.54, 1.807) is 17.0 Å². The minimum atomic E-state index is -0.363. The van der Waals surface area contributed by atoms with Gasteiger partial charge in [0.2, 0.25) is 5.91 Å². The molecule has 2 rings (SSSR count). The molecular formula is C12H12ClNO2. The summed E-state index contributed by atoms with van der Waals surface area (Å²) in [5, 5.41) is 9.68. The summed E-state index contributed by atoms with van der Waals surface area (Å²) in [6.45, 7) is 0.845. The van der Waals surface area contributed by atoms with Crippen LogP contribution in [0.25, 0.3) is 6.08 Å². The summed E-state index contributed by atoms with van der Waals surface area (Å²) in [5.74, 6) is -0.0924. The fourth-order valence-electron chi connectivity index (χ4n) is 1.51. The molecule has 0 bridgehead atoms. The molecule has 0 radical (unpaired) electrons. The van der Waals surface area contributed by atoms with E-state index in [0.29, 0.717) is 18.1 Å². The lowest BCUT2D eigenvalue weighted by molar-refractivity contribution is -0.135. The van der Waals surface area contributed by atoms with Crippen molar-refractivity contribution in [3.8, 4) is 0 Å². The van der Waals surface area contributed by atoms with Crippen LogP contribution < -0.4 is 0 Å². The van der Waals surface area contributed by atoms with Crippen molar-refractivity contribution in [3.63, 3.8) is 0 Å². The zero-order valence-electron chi connectivity index (χ0n) is 8.64. The van der Waals surface area contributed by atoms with Crippen molar-refractivity contribution in [1.82, 2.24) is 4.90 Å². The number of benzene rings is 1. The third kappa shape index (κ3) is 2.43. The zero-order valence-corrected chi connectivity index (χ0v) is 9.39. The number of amides is 1. The van der Waals surface area contributed by atoms with Crippen LogP contribution in [0.4, 0.5) is 0 Å². The minimum absolute atomic E-state index is 0.0924. The second-order valence-corrected chi connectivity index (χ2v) is 4.16. The maximum absolute atomic E-state index is 11.5. The molecule has 0 spiro atoms. The fourth-order valence-corrected chi connectivity index (χ4v) is 1.71. The van der Waals surface area contributed by atoms with Gasteiger partial charge in [-0.3, -0.25) is 4.79 Å². The number of carbonyl (C=O) groups is 1. The average Bonchev–Trinajstić information content (AvgIpc) is 2.23. The first-order valence-electron chi connectivity index (χ1n) is 5.06. The molecule has 1 amide bonds. The number of rotatable bonds is 2. The molecule has 1 fully saturated rings. The summed E-state index contributed by atoms with van der Waals surface area (Å²) in [5.41, 5.74) is 0.818. The Morgan fingerprint density at radius 2 is 2.12 bits per heavy atom. The van der Waals surface area contributed by atoms with Gasteiger partial charge in [-0.1, -0.05) is 29.8 Å². The number of nitrogens with zero attached hydrogens (tertiary/aromatic N) is 1. The van der Waals surface area contributed by atoms with E-state index in [1.165, 1.54) is 6.08 Å². The van der Waals surface area contributed by atoms with Crippen LogP contribution >= 0.6 is 11.6 Å². The van der Waals surface area contributed by atoms with Gasteiger partial charge in [0.1, 0.15) is 0 Å². The minimum Gasteiger partial charge on any atom is -0.389 e. The zero-order chi connectivity index (χ0) is 11.5. The van der Waals surface area contributed by atoms with E-state index in [4.69, 9.17) is 16.7 Å². The molecule has 0 atom stereocenters. The van der Waals surface area contributed by atoms with Gasteiger partial charge < -0.3 is 10.0 Å². The van der Waals surface area contributed by atoms with Crippen LogP contribution in [0.15, 0.2) is 30.3 Å². The van der Waals surface area contributed by atoms with Gasteiger partial charge in [0.15, 0.2) is 0 Å². The number of aliphatic hydroxyl groups is 1. The molecule has 84 valence electrons. The van der Waals surface area contributed by atoms with Crippen molar-refractivity contribution in [2.24, 2.45) is 0 Å². The maximum Gasteiger partial charge on any atom is 0.246 e. The average molecular weight is 238 g/mol. The molecule has 1 heterocycles. The molecule has 0 unspecified atom stereocenters. The Bertz CT molecular complexity index is 425. The lowest BCUT2D eigenvalue weighted by Crippen LogP contribution is -2.52. The van der Waals surface area contributed by atoms with Crippen molar-refractivity contribution in [2.75, 3.05) is 13.1 Å². The Kier molecular flexibility index (Phi) is 3.27. The molecule has 0 aliphatic carbocycles. The van der Waals surface area contributed by atoms with Gasteiger partial charge in [-0.25, -0.2) is 0 Å². The molecule has 1 aliphatic rings. The fraction of sp³-hybridized carbons (Fsp3) is 0.250. The van der Waals surface area contributed by atoms with Gasteiger partial charge in [0.25, 0.3) is 0 Å². The highest BCUT2D eigenvalue weighted by Gasteiger charge is 2.26. The first kappa shape index (κ1) is 11.2. The third-order valence-corrected chi connectivity index (χ3v) is 2.83. The number of carbonyl (C=O) groups excluding carboxylic acids is 1. The molecule has 1 aromatic rings. The predicted molar refractivity (Wildman–Crippen MR) is 63.1 cm³/mol. The van der Waals surface area contributed by atoms with Gasteiger partial charge in [-0.2, -0.15) is 0 Å². The van der Waals surface area contributed by atoms with Gasteiger partial charge in [0.05, 0.1) is 6.10 Å². The molecule has 16 heavy (non-hydrogen) atoms. The van der Waals surface area contributed by atoms with Crippen molar-refractivity contribution >= 4 is 23.6 Å². The number of hydrogen-bond donors (Lipinski definition) is 1. The Balaban J connectivity index is 1.99. The SMILES string of the molecule is O=C(C=Cc1ccccc1Cl)N1CC(O)C1. The topological polar surface area (TPSA) is 40.5 Å². The third-order valence-electron chi connectivity index (χ3n) is 2.48. The van der Waals surface area contributed by atoms with E-state index in [1.807, 2.05) is 18.2 Å². The van der Waals surface area contributed by atoms with E-state index >= 15 is 0 Å². The summed E-state index contributed by atoms with van der Waals surface area (Å²) in [6.07, 6.45) is 2.81. The molecule has 0 aromatic heterocycles. The van der Waals surface area contributed by atoms with Gasteiger partial charge in [-0.15, -0.1) is 0 Å². The molecule has 4 heteroatoms. The number of β-amino-alcohol motifs (C(OH)–C–C–N with tert-alkyl or cyclic N) is 1. The smallest absolute Gasteiger partial charge is 0.246 e. The monoisotopic (exact) mass is 237 g/mol.